The first-order valence-corrected chi connectivity index (χ1v) is 14.0. The van der Waals surface area contributed by atoms with Gasteiger partial charge in [0, 0.05) is 0 Å². The molecule has 184 valence electrons. The van der Waals surface area contributed by atoms with Gasteiger partial charge in [-0.25, -0.2) is 0 Å². The minimum Gasteiger partial charge on any atom is -0.393 e. The highest BCUT2D eigenvalue weighted by atomic mass is 16.3. The maximum absolute atomic E-state index is 11.4. The molecule has 0 saturated heterocycles. The van der Waals surface area contributed by atoms with Crippen LogP contribution in [0.15, 0.2) is 0 Å². The first-order chi connectivity index (χ1) is 14.6. The van der Waals surface area contributed by atoms with E-state index in [1.54, 1.807) is 0 Å². The maximum Gasteiger partial charge on any atom is 0.0624 e. The van der Waals surface area contributed by atoms with Crippen molar-refractivity contribution in [2.45, 2.75) is 132 Å². The summed E-state index contributed by atoms with van der Waals surface area (Å²) in [7, 11) is 0. The molecule has 5 fully saturated rings. The summed E-state index contributed by atoms with van der Waals surface area (Å²) in [5.74, 6) is 2.62. The van der Waals surface area contributed by atoms with Gasteiger partial charge in [-0.2, -0.15) is 0 Å². The molecule has 32 heavy (non-hydrogen) atoms. The quantitative estimate of drug-likeness (QED) is 0.414. The maximum atomic E-state index is 11.4. The van der Waals surface area contributed by atoms with Gasteiger partial charge in [0.05, 0.1) is 12.2 Å². The zero-order valence-electron chi connectivity index (χ0n) is 22.4. The zero-order valence-corrected chi connectivity index (χ0v) is 22.4. The van der Waals surface area contributed by atoms with E-state index in [1.807, 2.05) is 0 Å². The van der Waals surface area contributed by atoms with Gasteiger partial charge >= 0.3 is 0 Å². The van der Waals surface area contributed by atoms with Crippen LogP contribution in [0.2, 0.25) is 0 Å². The molecule has 10 atom stereocenters. The Morgan fingerprint density at radius 2 is 1.09 bits per heavy atom. The van der Waals surface area contributed by atoms with Crippen LogP contribution in [0.5, 0.6) is 0 Å². The van der Waals surface area contributed by atoms with Crippen LogP contribution in [0.4, 0.5) is 0 Å². The van der Waals surface area contributed by atoms with E-state index >= 15 is 0 Å². The minimum atomic E-state index is -0.148. The molecule has 5 saturated carbocycles. The second-order valence-electron chi connectivity index (χ2n) is 15.6. The van der Waals surface area contributed by atoms with Crippen LogP contribution in [0, 0.1) is 56.2 Å². The third kappa shape index (κ3) is 2.66. The van der Waals surface area contributed by atoms with Crippen molar-refractivity contribution in [2.24, 2.45) is 56.2 Å². The molecule has 0 aliphatic heterocycles. The molecule has 5 aliphatic rings. The Morgan fingerprint density at radius 3 is 1.72 bits per heavy atom. The van der Waals surface area contributed by atoms with Crippen LogP contribution in [-0.4, -0.2) is 22.4 Å². The Bertz CT molecular complexity index is 771. The number of hydrogen-bond donors (Lipinski definition) is 2. The fourth-order valence-corrected chi connectivity index (χ4v) is 11.6. The largest absolute Gasteiger partial charge is 0.393 e. The molecule has 0 heterocycles. The molecule has 0 radical (unpaired) electrons. The van der Waals surface area contributed by atoms with E-state index in [1.165, 1.54) is 57.8 Å². The highest BCUT2D eigenvalue weighted by Crippen LogP contribution is 2.77. The molecular formula is C30H52O2. The second kappa shape index (κ2) is 6.77. The summed E-state index contributed by atoms with van der Waals surface area (Å²) in [6.07, 6.45) is 12.2. The Labute approximate surface area is 198 Å². The summed E-state index contributed by atoms with van der Waals surface area (Å²) in [5, 5.41) is 22.3. The summed E-state index contributed by atoms with van der Waals surface area (Å²) >= 11 is 0. The molecule has 2 heteroatoms. The van der Waals surface area contributed by atoms with E-state index in [9.17, 15) is 10.2 Å². The van der Waals surface area contributed by atoms with Crippen molar-refractivity contribution in [3.63, 3.8) is 0 Å². The lowest BCUT2D eigenvalue weighted by Gasteiger charge is -2.74. The van der Waals surface area contributed by atoms with Gasteiger partial charge in [-0.3, -0.25) is 0 Å². The third-order valence-corrected chi connectivity index (χ3v) is 14.0. The summed E-state index contributed by atoms with van der Waals surface area (Å²) in [4.78, 5) is 0. The van der Waals surface area contributed by atoms with Crippen molar-refractivity contribution >= 4 is 0 Å². The summed E-state index contributed by atoms with van der Waals surface area (Å²) in [5.41, 5.74) is 1.50. The summed E-state index contributed by atoms with van der Waals surface area (Å²) in [6, 6.07) is 0. The van der Waals surface area contributed by atoms with Gasteiger partial charge in [0.1, 0.15) is 0 Å². The Morgan fingerprint density at radius 1 is 0.531 bits per heavy atom. The average molecular weight is 445 g/mol. The molecule has 0 aromatic carbocycles. The number of aliphatic hydroxyl groups is 2. The highest BCUT2D eigenvalue weighted by molar-refractivity contribution is 5.19. The first-order valence-electron chi connectivity index (χ1n) is 14.0. The van der Waals surface area contributed by atoms with Crippen molar-refractivity contribution in [3.05, 3.63) is 0 Å². The van der Waals surface area contributed by atoms with Gasteiger partial charge in [-0.05, 0) is 120 Å². The predicted octanol–water partition coefficient (Wildman–Crippen LogP) is 7.22. The molecule has 0 spiro atoms. The Balaban J connectivity index is 1.52. The molecule has 0 aromatic heterocycles. The van der Waals surface area contributed by atoms with Gasteiger partial charge in [0.25, 0.3) is 0 Å². The second-order valence-corrected chi connectivity index (χ2v) is 15.6. The average Bonchev–Trinajstić information content (AvgIpc) is 2.69. The number of hydrogen-bond acceptors (Lipinski definition) is 2. The molecule has 5 aliphatic carbocycles. The highest BCUT2D eigenvalue weighted by Gasteiger charge is 2.70. The van der Waals surface area contributed by atoms with E-state index in [0.29, 0.717) is 28.1 Å². The topological polar surface area (TPSA) is 40.5 Å². The number of fused-ring (bicyclic) bond motifs is 7. The first kappa shape index (κ1) is 23.7. The van der Waals surface area contributed by atoms with Gasteiger partial charge in [-0.15, -0.1) is 0 Å². The van der Waals surface area contributed by atoms with Gasteiger partial charge in [-0.1, -0.05) is 55.4 Å². The SMILES string of the molecule is CC1(C)CC[C@]2(C)[C@H](CC[C@@]3(C)[C@H]2CC[C@H]2[C@@]4(C)CC[C@H](O)C(C)(C)[C@@H]4CC[C@@]23C)[C@@H]1O. The number of aliphatic hydroxyl groups excluding tert-OH is 2. The van der Waals surface area contributed by atoms with E-state index in [2.05, 4.69) is 55.4 Å². The molecule has 2 nitrogen and oxygen atoms in total. The van der Waals surface area contributed by atoms with E-state index in [4.69, 9.17) is 0 Å². The number of rotatable bonds is 0. The molecule has 0 bridgehead atoms. The lowest BCUT2D eigenvalue weighted by Crippen LogP contribution is -2.68. The Hall–Kier alpha value is -0.0800. The van der Waals surface area contributed by atoms with Crippen molar-refractivity contribution < 1.29 is 10.2 Å². The molecule has 0 aromatic rings. The predicted molar refractivity (Wildman–Crippen MR) is 132 cm³/mol. The van der Waals surface area contributed by atoms with Crippen LogP contribution >= 0.6 is 0 Å². The van der Waals surface area contributed by atoms with Crippen LogP contribution in [0.3, 0.4) is 0 Å². The van der Waals surface area contributed by atoms with Crippen molar-refractivity contribution in [1.29, 1.82) is 0 Å². The molecule has 2 N–H and O–H groups in total. The fourth-order valence-electron chi connectivity index (χ4n) is 11.6. The van der Waals surface area contributed by atoms with Gasteiger partial charge in [0.15, 0.2) is 0 Å². The fraction of sp³-hybridized carbons (Fsp3) is 1.00. The summed E-state index contributed by atoms with van der Waals surface area (Å²) < 4.78 is 0. The lowest BCUT2D eigenvalue weighted by atomic mass is 9.30. The van der Waals surface area contributed by atoms with Crippen molar-refractivity contribution in [3.8, 4) is 0 Å². The smallest absolute Gasteiger partial charge is 0.0624 e. The Kier molecular flexibility index (Phi) is 5.01. The van der Waals surface area contributed by atoms with Gasteiger partial charge < -0.3 is 10.2 Å². The van der Waals surface area contributed by atoms with Crippen molar-refractivity contribution in [2.75, 3.05) is 0 Å². The lowest BCUT2D eigenvalue weighted by molar-refractivity contribution is -0.268. The molecule has 0 amide bonds. The molecule has 0 unspecified atom stereocenters. The van der Waals surface area contributed by atoms with Crippen LogP contribution in [-0.2, 0) is 0 Å². The van der Waals surface area contributed by atoms with Gasteiger partial charge in [0.2, 0.25) is 0 Å². The van der Waals surface area contributed by atoms with Crippen LogP contribution in [0.25, 0.3) is 0 Å². The monoisotopic (exact) mass is 444 g/mol. The normalized spacial score (nSPS) is 58.7. The molecule has 5 rings (SSSR count). The standard InChI is InChI=1S/C30H52O2/c1-25(2)17-18-27(5)19(24(25)32)11-15-29(7)21(27)9-10-22-28(6)14-13-23(31)26(3,4)20(28)12-16-30(22,29)8/h19-24,31-32H,9-18H2,1-8H3/t19-,20+,21+,22+,23+,24+,27-,28+,29+,30+/m1/s1. The zero-order chi connectivity index (χ0) is 23.5. The minimum absolute atomic E-state index is 0.0365. The third-order valence-electron chi connectivity index (χ3n) is 14.0. The summed E-state index contributed by atoms with van der Waals surface area (Å²) in [6.45, 7) is 19.9. The van der Waals surface area contributed by atoms with E-state index in [-0.39, 0.29) is 28.5 Å². The van der Waals surface area contributed by atoms with Crippen LogP contribution < -0.4 is 0 Å². The molecular weight excluding hydrogens is 392 g/mol. The van der Waals surface area contributed by atoms with E-state index in [0.717, 1.165) is 18.3 Å². The van der Waals surface area contributed by atoms with Crippen molar-refractivity contribution in [1.82, 2.24) is 0 Å². The van der Waals surface area contributed by atoms with E-state index < -0.39 is 0 Å². The van der Waals surface area contributed by atoms with Crippen LogP contribution in [0.1, 0.15) is 120 Å².